The molecule has 0 aliphatic rings. The number of carboxylic acids is 1. The minimum Gasteiger partial charge on any atom is -0.481 e. The number of aliphatic hydroxyl groups is 1. The molecule has 0 radical (unpaired) electrons. The fourth-order valence-corrected chi connectivity index (χ4v) is 0.681. The van der Waals surface area contributed by atoms with E-state index in [2.05, 4.69) is 5.32 Å². The molecule has 1 unspecified atom stereocenters. The Hall–Kier alpha value is -1.10. The van der Waals surface area contributed by atoms with E-state index in [0.717, 1.165) is 0 Å². The Bertz CT molecular complexity index is 265. The topological polar surface area (TPSA) is 86.6 Å². The summed E-state index contributed by atoms with van der Waals surface area (Å²) in [5.41, 5.74) is -2.01. The number of nitrogens with one attached hydrogen (secondary N) is 1. The summed E-state index contributed by atoms with van der Waals surface area (Å²) in [7, 11) is 0. The van der Waals surface area contributed by atoms with Gasteiger partial charge in [-0.05, 0) is 34.6 Å². The number of amides is 1. The molecular weight excluding hydrogens is 198 g/mol. The highest BCUT2D eigenvalue weighted by atomic mass is 16.4. The van der Waals surface area contributed by atoms with Gasteiger partial charge in [0.2, 0.25) is 5.91 Å². The molecule has 0 fully saturated rings. The number of aliphatic carboxylic acids is 1. The Kier molecular flexibility index (Phi) is 3.88. The van der Waals surface area contributed by atoms with Crippen LogP contribution in [0.25, 0.3) is 0 Å². The second-order valence-electron chi connectivity index (χ2n) is 4.73. The van der Waals surface area contributed by atoms with Crippen molar-refractivity contribution >= 4 is 11.9 Å². The highest BCUT2D eigenvalue weighted by Gasteiger charge is 2.38. The fraction of sp³-hybridized carbons (Fsp3) is 0.800. The van der Waals surface area contributed by atoms with Crippen LogP contribution in [0.4, 0.5) is 0 Å². The molecule has 0 aromatic rings. The van der Waals surface area contributed by atoms with E-state index in [9.17, 15) is 14.7 Å². The van der Waals surface area contributed by atoms with E-state index >= 15 is 0 Å². The largest absolute Gasteiger partial charge is 0.481 e. The van der Waals surface area contributed by atoms with Gasteiger partial charge < -0.3 is 15.5 Å². The Morgan fingerprint density at radius 3 is 1.87 bits per heavy atom. The first-order valence-electron chi connectivity index (χ1n) is 4.76. The van der Waals surface area contributed by atoms with Gasteiger partial charge in [-0.25, -0.2) is 0 Å². The van der Waals surface area contributed by atoms with Crippen LogP contribution in [0, 0.1) is 5.92 Å². The third kappa shape index (κ3) is 3.51. The lowest BCUT2D eigenvalue weighted by Crippen LogP contribution is -2.59. The van der Waals surface area contributed by atoms with Gasteiger partial charge in [0.25, 0.3) is 0 Å². The van der Waals surface area contributed by atoms with Crippen molar-refractivity contribution in [1.29, 1.82) is 0 Å². The minimum atomic E-state index is -1.18. The molecule has 15 heavy (non-hydrogen) atoms. The molecule has 0 aliphatic heterocycles. The van der Waals surface area contributed by atoms with Crippen LogP contribution in [0.5, 0.6) is 0 Å². The summed E-state index contributed by atoms with van der Waals surface area (Å²) in [6.45, 7) is 7.69. The molecule has 0 aliphatic carbocycles. The van der Waals surface area contributed by atoms with Gasteiger partial charge in [-0.15, -0.1) is 0 Å². The lowest BCUT2D eigenvalue weighted by Gasteiger charge is -2.38. The van der Waals surface area contributed by atoms with E-state index in [1.54, 1.807) is 27.7 Å². The summed E-state index contributed by atoms with van der Waals surface area (Å²) < 4.78 is 0. The molecule has 0 saturated heterocycles. The highest BCUT2D eigenvalue weighted by molar-refractivity contribution is 5.96. The maximum absolute atomic E-state index is 11.4. The van der Waals surface area contributed by atoms with Crippen molar-refractivity contribution in [3.8, 4) is 0 Å². The van der Waals surface area contributed by atoms with Crippen molar-refractivity contribution in [1.82, 2.24) is 5.32 Å². The maximum atomic E-state index is 11.4. The number of carbonyl (C=O) groups is 2. The quantitative estimate of drug-likeness (QED) is 0.594. The van der Waals surface area contributed by atoms with E-state index < -0.39 is 28.9 Å². The molecule has 88 valence electrons. The van der Waals surface area contributed by atoms with Gasteiger partial charge in [-0.1, -0.05) is 0 Å². The molecule has 5 nitrogen and oxygen atoms in total. The van der Waals surface area contributed by atoms with Crippen molar-refractivity contribution in [2.75, 3.05) is 0 Å². The summed E-state index contributed by atoms with van der Waals surface area (Å²) in [5.74, 6) is -2.90. The standard InChI is InChI=1S/C10H19NO4/c1-6(8(13)14)7(12)11-9(2,3)10(4,5)15/h6,15H,1-5H3,(H,11,12)(H,13,14). The molecule has 0 aromatic heterocycles. The van der Waals surface area contributed by atoms with Crippen molar-refractivity contribution in [2.45, 2.75) is 45.8 Å². The van der Waals surface area contributed by atoms with Crippen LogP contribution in [0.15, 0.2) is 0 Å². The number of carboxylic acid groups (broad SMARTS) is 1. The van der Waals surface area contributed by atoms with Crippen molar-refractivity contribution in [3.63, 3.8) is 0 Å². The first-order chi connectivity index (χ1) is 6.49. The second kappa shape index (κ2) is 4.18. The van der Waals surface area contributed by atoms with E-state index in [4.69, 9.17) is 5.11 Å². The molecule has 1 atom stereocenters. The van der Waals surface area contributed by atoms with Crippen LogP contribution >= 0.6 is 0 Å². The lowest BCUT2D eigenvalue weighted by molar-refractivity contribution is -0.147. The summed E-state index contributed by atoms with van der Waals surface area (Å²) in [6, 6.07) is 0. The minimum absolute atomic E-state index is 0.602. The summed E-state index contributed by atoms with van der Waals surface area (Å²) >= 11 is 0. The van der Waals surface area contributed by atoms with E-state index in [0.29, 0.717) is 0 Å². The van der Waals surface area contributed by atoms with Crippen LogP contribution < -0.4 is 5.32 Å². The Morgan fingerprint density at radius 2 is 1.60 bits per heavy atom. The average Bonchev–Trinajstić information content (AvgIpc) is 1.99. The SMILES string of the molecule is CC(C(=O)O)C(=O)NC(C)(C)C(C)(C)O. The molecule has 0 bridgehead atoms. The Labute approximate surface area is 89.5 Å². The lowest BCUT2D eigenvalue weighted by atomic mass is 9.85. The van der Waals surface area contributed by atoms with Crippen LogP contribution in [0.2, 0.25) is 0 Å². The zero-order valence-electron chi connectivity index (χ0n) is 9.79. The number of carbonyl (C=O) groups excluding carboxylic acids is 1. The first-order valence-corrected chi connectivity index (χ1v) is 4.76. The highest BCUT2D eigenvalue weighted by Crippen LogP contribution is 2.20. The first kappa shape index (κ1) is 13.9. The number of rotatable bonds is 4. The Morgan fingerprint density at radius 1 is 1.20 bits per heavy atom. The van der Waals surface area contributed by atoms with Gasteiger partial charge in [-0.3, -0.25) is 9.59 Å². The second-order valence-corrected chi connectivity index (χ2v) is 4.73. The molecular formula is C10H19NO4. The zero-order valence-corrected chi connectivity index (χ0v) is 9.79. The normalized spacial score (nSPS) is 14.5. The maximum Gasteiger partial charge on any atom is 0.315 e. The molecule has 0 saturated carbocycles. The zero-order chi connectivity index (χ0) is 12.4. The van der Waals surface area contributed by atoms with Crippen LogP contribution in [0.3, 0.4) is 0 Å². The van der Waals surface area contributed by atoms with E-state index in [1.165, 1.54) is 6.92 Å². The molecule has 0 heterocycles. The number of hydrogen-bond acceptors (Lipinski definition) is 3. The van der Waals surface area contributed by atoms with Gasteiger partial charge in [0.15, 0.2) is 0 Å². The molecule has 1 amide bonds. The molecule has 0 spiro atoms. The summed E-state index contributed by atoms with van der Waals surface area (Å²) in [4.78, 5) is 22.0. The average molecular weight is 217 g/mol. The van der Waals surface area contributed by atoms with Crippen LogP contribution in [-0.2, 0) is 9.59 Å². The summed E-state index contributed by atoms with van der Waals surface area (Å²) in [5, 5.41) is 20.9. The Balaban J connectivity index is 4.62. The van der Waals surface area contributed by atoms with Gasteiger partial charge >= 0.3 is 5.97 Å². The van der Waals surface area contributed by atoms with Gasteiger partial charge in [-0.2, -0.15) is 0 Å². The predicted octanol–water partition coefficient (Wildman–Crippen LogP) is 0.373. The molecule has 0 rings (SSSR count). The number of hydrogen-bond donors (Lipinski definition) is 3. The van der Waals surface area contributed by atoms with E-state index in [-0.39, 0.29) is 0 Å². The molecule has 5 heteroatoms. The fourth-order valence-electron chi connectivity index (χ4n) is 0.681. The van der Waals surface area contributed by atoms with Crippen LogP contribution in [-0.4, -0.2) is 33.2 Å². The third-order valence-electron chi connectivity index (χ3n) is 2.73. The smallest absolute Gasteiger partial charge is 0.315 e. The van der Waals surface area contributed by atoms with Crippen molar-refractivity contribution < 1.29 is 19.8 Å². The van der Waals surface area contributed by atoms with Gasteiger partial charge in [0.1, 0.15) is 5.92 Å². The predicted molar refractivity (Wildman–Crippen MR) is 55.3 cm³/mol. The van der Waals surface area contributed by atoms with Crippen molar-refractivity contribution in [3.05, 3.63) is 0 Å². The monoisotopic (exact) mass is 217 g/mol. The van der Waals surface area contributed by atoms with Crippen molar-refractivity contribution in [2.24, 2.45) is 5.92 Å². The van der Waals surface area contributed by atoms with Gasteiger partial charge in [0, 0.05) is 0 Å². The van der Waals surface area contributed by atoms with E-state index in [1.807, 2.05) is 0 Å². The molecule has 0 aromatic carbocycles. The third-order valence-corrected chi connectivity index (χ3v) is 2.73. The van der Waals surface area contributed by atoms with Gasteiger partial charge in [0.05, 0.1) is 11.1 Å². The summed E-state index contributed by atoms with van der Waals surface area (Å²) in [6.07, 6.45) is 0. The molecule has 3 N–H and O–H groups in total. The van der Waals surface area contributed by atoms with Crippen LogP contribution in [0.1, 0.15) is 34.6 Å².